The van der Waals surface area contributed by atoms with Gasteiger partial charge in [0, 0.05) is 25.5 Å². The van der Waals surface area contributed by atoms with Crippen molar-refractivity contribution in [2.24, 2.45) is 0 Å². The molecule has 0 unspecified atom stereocenters. The lowest BCUT2D eigenvalue weighted by molar-refractivity contribution is 1.46. The molecule has 0 spiro atoms. The third kappa shape index (κ3) is 1.41. The van der Waals surface area contributed by atoms with Crippen LogP contribution in [-0.4, -0.2) is 14.1 Å². The molecule has 1 radical (unpaired) electrons. The van der Waals surface area contributed by atoms with Gasteiger partial charge in [0.2, 0.25) is 0 Å². The third-order valence-corrected chi connectivity index (χ3v) is 1.37. The highest BCUT2D eigenvalue weighted by Crippen LogP contribution is 2.12. The van der Waals surface area contributed by atoms with E-state index in [9.17, 15) is 0 Å². The zero-order valence-electron chi connectivity index (χ0n) is 6.23. The van der Waals surface area contributed by atoms with E-state index in [-0.39, 0.29) is 0 Å². The maximum absolute atomic E-state index is 3.03. The van der Waals surface area contributed by atoms with E-state index in [2.05, 4.69) is 16.7 Å². The molecule has 0 aliphatic heterocycles. The molecule has 1 aromatic rings. The lowest BCUT2D eigenvalue weighted by Crippen LogP contribution is -1.91. The summed E-state index contributed by atoms with van der Waals surface area (Å²) in [6.07, 6.45) is 0. The molecule has 0 heterocycles. The first-order valence-corrected chi connectivity index (χ1v) is 3.23. The Kier molecular flexibility index (Phi) is 2.15. The van der Waals surface area contributed by atoms with Crippen LogP contribution in [0, 0.1) is 6.07 Å². The van der Waals surface area contributed by atoms with Gasteiger partial charge in [-0.25, -0.2) is 0 Å². The van der Waals surface area contributed by atoms with Crippen molar-refractivity contribution in [3.63, 3.8) is 0 Å². The summed E-state index contributed by atoms with van der Waals surface area (Å²) in [5.41, 5.74) is 2.15. The minimum atomic E-state index is 1.08. The van der Waals surface area contributed by atoms with Crippen LogP contribution in [0.1, 0.15) is 0 Å². The van der Waals surface area contributed by atoms with E-state index in [1.807, 2.05) is 32.3 Å². The van der Waals surface area contributed by atoms with Gasteiger partial charge in [0.25, 0.3) is 0 Å². The molecule has 2 nitrogen and oxygen atoms in total. The Morgan fingerprint density at radius 1 is 1.10 bits per heavy atom. The summed E-state index contributed by atoms with van der Waals surface area (Å²) in [6, 6.07) is 8.84. The molecule has 10 heavy (non-hydrogen) atoms. The normalized spacial score (nSPS) is 9.00. The van der Waals surface area contributed by atoms with Gasteiger partial charge in [0.15, 0.2) is 0 Å². The zero-order chi connectivity index (χ0) is 7.40. The van der Waals surface area contributed by atoms with Crippen molar-refractivity contribution in [3.05, 3.63) is 24.3 Å². The van der Waals surface area contributed by atoms with Crippen molar-refractivity contribution < 1.29 is 0 Å². The van der Waals surface area contributed by atoms with E-state index in [0.29, 0.717) is 0 Å². The predicted molar refractivity (Wildman–Crippen MR) is 44.4 cm³/mol. The second kappa shape index (κ2) is 3.11. The number of hydrogen-bond donors (Lipinski definition) is 2. The number of anilines is 2. The molecule has 0 bridgehead atoms. The number of rotatable bonds is 2. The van der Waals surface area contributed by atoms with Crippen LogP contribution in [0.3, 0.4) is 0 Å². The van der Waals surface area contributed by atoms with E-state index < -0.39 is 0 Å². The van der Waals surface area contributed by atoms with Crippen molar-refractivity contribution in [1.29, 1.82) is 0 Å². The molecule has 0 aliphatic rings. The molecular weight excluding hydrogens is 124 g/mol. The summed E-state index contributed by atoms with van der Waals surface area (Å²) < 4.78 is 0. The Bertz CT molecular complexity index is 189. The molecule has 0 aromatic heterocycles. The summed E-state index contributed by atoms with van der Waals surface area (Å²) in [6.45, 7) is 0. The number of benzene rings is 1. The summed E-state index contributed by atoms with van der Waals surface area (Å²) in [5, 5.41) is 6.06. The molecule has 2 heteroatoms. The van der Waals surface area contributed by atoms with E-state index in [0.717, 1.165) is 11.4 Å². The van der Waals surface area contributed by atoms with E-state index >= 15 is 0 Å². The fraction of sp³-hybridized carbons (Fsp3) is 0.250. The van der Waals surface area contributed by atoms with Gasteiger partial charge in [-0.2, -0.15) is 0 Å². The number of nitrogens with one attached hydrogen (secondary N) is 2. The quantitative estimate of drug-likeness (QED) is 0.643. The topological polar surface area (TPSA) is 24.1 Å². The van der Waals surface area contributed by atoms with E-state index in [1.54, 1.807) is 0 Å². The summed E-state index contributed by atoms with van der Waals surface area (Å²) in [5.74, 6) is 0. The molecule has 53 valence electrons. The van der Waals surface area contributed by atoms with Gasteiger partial charge in [-0.3, -0.25) is 0 Å². The highest BCUT2D eigenvalue weighted by atomic mass is 14.8. The Morgan fingerprint density at radius 3 is 2.00 bits per heavy atom. The van der Waals surface area contributed by atoms with Crippen LogP contribution in [-0.2, 0) is 0 Å². The molecule has 0 fully saturated rings. The fourth-order valence-corrected chi connectivity index (χ4v) is 0.761. The summed E-state index contributed by atoms with van der Waals surface area (Å²) >= 11 is 0. The number of hydrogen-bond acceptors (Lipinski definition) is 2. The largest absolute Gasteiger partial charge is 0.388 e. The average Bonchev–Trinajstić information content (AvgIpc) is 2.05. The Balaban J connectivity index is 2.87. The van der Waals surface area contributed by atoms with Crippen molar-refractivity contribution in [2.45, 2.75) is 0 Å². The van der Waals surface area contributed by atoms with Crippen molar-refractivity contribution in [3.8, 4) is 0 Å². The molecule has 0 saturated carbocycles. The van der Waals surface area contributed by atoms with Gasteiger partial charge >= 0.3 is 0 Å². The summed E-state index contributed by atoms with van der Waals surface area (Å²) in [4.78, 5) is 0. The van der Waals surface area contributed by atoms with Crippen LogP contribution in [0.25, 0.3) is 0 Å². The Morgan fingerprint density at radius 2 is 1.60 bits per heavy atom. The lowest BCUT2D eigenvalue weighted by Gasteiger charge is -2.02. The molecule has 0 saturated heterocycles. The SMILES string of the molecule is CNc1c[c]cc(NC)c1. The molecule has 0 amide bonds. The molecular formula is C8H11N2. The average molecular weight is 135 g/mol. The predicted octanol–water partition coefficient (Wildman–Crippen LogP) is 1.57. The van der Waals surface area contributed by atoms with Crippen LogP contribution < -0.4 is 10.6 Å². The fourth-order valence-electron chi connectivity index (χ4n) is 0.761. The second-order valence-corrected chi connectivity index (χ2v) is 2.01. The maximum Gasteiger partial charge on any atom is 0.0364 e. The van der Waals surface area contributed by atoms with Crippen LogP contribution in [0.2, 0.25) is 0 Å². The minimum absolute atomic E-state index is 1.08. The Labute approximate surface area is 61.3 Å². The van der Waals surface area contributed by atoms with Gasteiger partial charge in [-0.1, -0.05) is 0 Å². The maximum atomic E-state index is 3.03. The first kappa shape index (κ1) is 6.93. The van der Waals surface area contributed by atoms with Gasteiger partial charge in [0.05, 0.1) is 0 Å². The highest BCUT2D eigenvalue weighted by molar-refractivity contribution is 5.55. The highest BCUT2D eigenvalue weighted by Gasteiger charge is 1.88. The lowest BCUT2D eigenvalue weighted by atomic mass is 10.3. The van der Waals surface area contributed by atoms with E-state index in [4.69, 9.17) is 0 Å². The molecule has 1 aromatic carbocycles. The van der Waals surface area contributed by atoms with Gasteiger partial charge in [-0.05, 0) is 24.3 Å². The molecule has 1 rings (SSSR count). The monoisotopic (exact) mass is 135 g/mol. The van der Waals surface area contributed by atoms with Crippen LogP contribution in [0.15, 0.2) is 18.2 Å². The molecule has 2 N–H and O–H groups in total. The first-order chi connectivity index (χ1) is 4.86. The van der Waals surface area contributed by atoms with Gasteiger partial charge in [0.1, 0.15) is 0 Å². The Hall–Kier alpha value is -1.18. The van der Waals surface area contributed by atoms with Gasteiger partial charge < -0.3 is 10.6 Å². The van der Waals surface area contributed by atoms with Crippen LogP contribution in [0.5, 0.6) is 0 Å². The third-order valence-electron chi connectivity index (χ3n) is 1.37. The van der Waals surface area contributed by atoms with Gasteiger partial charge in [-0.15, -0.1) is 0 Å². The van der Waals surface area contributed by atoms with Crippen LogP contribution >= 0.6 is 0 Å². The van der Waals surface area contributed by atoms with Crippen LogP contribution in [0.4, 0.5) is 11.4 Å². The molecule has 0 aliphatic carbocycles. The smallest absolute Gasteiger partial charge is 0.0364 e. The standard InChI is InChI=1S/C8H11N2/c1-9-7-4-3-5-8(6-7)10-2/h4-6,9-10H,1-2H3. The van der Waals surface area contributed by atoms with Crippen molar-refractivity contribution in [2.75, 3.05) is 24.7 Å². The first-order valence-electron chi connectivity index (χ1n) is 3.23. The van der Waals surface area contributed by atoms with E-state index in [1.165, 1.54) is 0 Å². The second-order valence-electron chi connectivity index (χ2n) is 2.01. The van der Waals surface area contributed by atoms with Crippen molar-refractivity contribution >= 4 is 11.4 Å². The molecule has 0 atom stereocenters. The summed E-state index contributed by atoms with van der Waals surface area (Å²) in [7, 11) is 3.78. The van der Waals surface area contributed by atoms with Crippen molar-refractivity contribution in [1.82, 2.24) is 0 Å². The zero-order valence-corrected chi connectivity index (χ0v) is 6.23. The minimum Gasteiger partial charge on any atom is -0.388 e.